The molecule has 0 spiro atoms. The van der Waals surface area contributed by atoms with Crippen molar-refractivity contribution in [2.45, 2.75) is 26.7 Å². The minimum absolute atomic E-state index is 0.0000847. The van der Waals surface area contributed by atoms with Gasteiger partial charge in [-0.25, -0.2) is 0 Å². The zero-order valence-corrected chi connectivity index (χ0v) is 14.7. The van der Waals surface area contributed by atoms with Crippen molar-refractivity contribution in [1.29, 1.82) is 0 Å². The second kappa shape index (κ2) is 7.51. The van der Waals surface area contributed by atoms with Crippen molar-refractivity contribution in [3.63, 3.8) is 0 Å². The number of hydrogen-bond acceptors (Lipinski definition) is 2. The second-order valence-corrected chi connectivity index (χ2v) is 7.03. The van der Waals surface area contributed by atoms with Crippen LogP contribution in [-0.4, -0.2) is 18.4 Å². The Morgan fingerprint density at radius 2 is 1.92 bits per heavy atom. The largest absolute Gasteiger partial charge is 0.326 e. The number of carbonyl (C=O) groups excluding carboxylic acids is 2. The van der Waals surface area contributed by atoms with Gasteiger partial charge in [0, 0.05) is 24.3 Å². The lowest BCUT2D eigenvalue weighted by Gasteiger charge is -2.16. The standard InChI is InChI=1S/C21H24N2O2/c1-15(2)11-16-7-6-8-18(12-16)22-21(25)17-13-20(24)23(14-17)19-9-4-3-5-10-19/h3-10,12,15,17H,11,13-14H2,1-2H3,(H,22,25). The number of rotatable bonds is 5. The van der Waals surface area contributed by atoms with Crippen molar-refractivity contribution in [2.75, 3.05) is 16.8 Å². The molecule has 0 bridgehead atoms. The van der Waals surface area contributed by atoms with Gasteiger partial charge in [0.15, 0.2) is 0 Å². The first-order chi connectivity index (χ1) is 12.0. The van der Waals surface area contributed by atoms with Crippen molar-refractivity contribution in [1.82, 2.24) is 0 Å². The maximum absolute atomic E-state index is 12.6. The highest BCUT2D eigenvalue weighted by Gasteiger charge is 2.35. The van der Waals surface area contributed by atoms with Gasteiger partial charge in [0.1, 0.15) is 0 Å². The number of hydrogen-bond donors (Lipinski definition) is 1. The molecule has 130 valence electrons. The number of carbonyl (C=O) groups is 2. The molecule has 0 aliphatic carbocycles. The Kier molecular flexibility index (Phi) is 5.17. The predicted octanol–water partition coefficient (Wildman–Crippen LogP) is 3.88. The molecule has 0 aromatic heterocycles. The smallest absolute Gasteiger partial charge is 0.229 e. The van der Waals surface area contributed by atoms with Gasteiger partial charge in [0.2, 0.25) is 11.8 Å². The van der Waals surface area contributed by atoms with E-state index in [9.17, 15) is 9.59 Å². The van der Waals surface area contributed by atoms with E-state index in [1.165, 1.54) is 5.56 Å². The zero-order valence-electron chi connectivity index (χ0n) is 14.7. The molecule has 0 radical (unpaired) electrons. The van der Waals surface area contributed by atoms with Crippen LogP contribution >= 0.6 is 0 Å². The van der Waals surface area contributed by atoms with Crippen LogP contribution in [0.5, 0.6) is 0 Å². The van der Waals surface area contributed by atoms with Crippen molar-refractivity contribution in [2.24, 2.45) is 11.8 Å². The first kappa shape index (κ1) is 17.2. The molecular weight excluding hydrogens is 312 g/mol. The van der Waals surface area contributed by atoms with Crippen LogP contribution in [0.2, 0.25) is 0 Å². The Balaban J connectivity index is 1.65. The quantitative estimate of drug-likeness (QED) is 0.901. The highest BCUT2D eigenvalue weighted by Crippen LogP contribution is 2.26. The summed E-state index contributed by atoms with van der Waals surface area (Å²) in [6, 6.07) is 17.5. The molecule has 1 unspecified atom stereocenters. The van der Waals surface area contributed by atoms with Gasteiger partial charge in [0.25, 0.3) is 0 Å². The van der Waals surface area contributed by atoms with Crippen LogP contribution in [-0.2, 0) is 16.0 Å². The average Bonchev–Trinajstić information content (AvgIpc) is 2.97. The molecule has 2 amide bonds. The molecule has 1 aliphatic rings. The molecule has 1 heterocycles. The third-order valence-corrected chi connectivity index (χ3v) is 4.40. The Labute approximate surface area is 148 Å². The molecule has 4 heteroatoms. The summed E-state index contributed by atoms with van der Waals surface area (Å²) in [5.74, 6) is 0.160. The molecule has 1 saturated heterocycles. The van der Waals surface area contributed by atoms with E-state index >= 15 is 0 Å². The van der Waals surface area contributed by atoms with E-state index in [-0.39, 0.29) is 24.2 Å². The molecule has 2 aromatic rings. The van der Waals surface area contributed by atoms with Crippen molar-refractivity contribution >= 4 is 23.2 Å². The van der Waals surface area contributed by atoms with Gasteiger partial charge < -0.3 is 10.2 Å². The summed E-state index contributed by atoms with van der Waals surface area (Å²) in [4.78, 5) is 26.5. The second-order valence-electron chi connectivity index (χ2n) is 7.03. The van der Waals surface area contributed by atoms with E-state index in [1.54, 1.807) is 4.90 Å². The van der Waals surface area contributed by atoms with E-state index in [0.717, 1.165) is 17.8 Å². The summed E-state index contributed by atoms with van der Waals surface area (Å²) >= 11 is 0. The Hall–Kier alpha value is -2.62. The fraction of sp³-hybridized carbons (Fsp3) is 0.333. The first-order valence-electron chi connectivity index (χ1n) is 8.78. The number of benzene rings is 2. The maximum Gasteiger partial charge on any atom is 0.229 e. The number of anilines is 2. The van der Waals surface area contributed by atoms with Crippen LogP contribution in [0.25, 0.3) is 0 Å². The molecule has 4 nitrogen and oxygen atoms in total. The third-order valence-electron chi connectivity index (χ3n) is 4.40. The average molecular weight is 336 g/mol. The Morgan fingerprint density at radius 3 is 2.64 bits per heavy atom. The van der Waals surface area contributed by atoms with Crippen LogP contribution in [0.15, 0.2) is 54.6 Å². The van der Waals surface area contributed by atoms with Crippen molar-refractivity contribution in [3.05, 3.63) is 60.2 Å². The molecule has 3 rings (SSSR count). The topological polar surface area (TPSA) is 49.4 Å². The third kappa shape index (κ3) is 4.27. The molecule has 1 atom stereocenters. The highest BCUT2D eigenvalue weighted by atomic mass is 16.2. The molecule has 25 heavy (non-hydrogen) atoms. The van der Waals surface area contributed by atoms with Gasteiger partial charge in [-0.3, -0.25) is 9.59 Å². The first-order valence-corrected chi connectivity index (χ1v) is 8.78. The number of nitrogens with zero attached hydrogens (tertiary/aromatic N) is 1. The van der Waals surface area contributed by atoms with Crippen LogP contribution < -0.4 is 10.2 Å². The summed E-state index contributed by atoms with van der Waals surface area (Å²) < 4.78 is 0. The van der Waals surface area contributed by atoms with E-state index in [1.807, 2.05) is 48.5 Å². The summed E-state index contributed by atoms with van der Waals surface area (Å²) in [5.41, 5.74) is 2.86. The van der Waals surface area contributed by atoms with E-state index in [0.29, 0.717) is 12.5 Å². The van der Waals surface area contributed by atoms with Gasteiger partial charge in [-0.15, -0.1) is 0 Å². The summed E-state index contributed by atoms with van der Waals surface area (Å²) in [5, 5.41) is 2.97. The molecule has 0 saturated carbocycles. The summed E-state index contributed by atoms with van der Waals surface area (Å²) in [6.07, 6.45) is 1.24. The SMILES string of the molecule is CC(C)Cc1cccc(NC(=O)C2CC(=O)N(c3ccccc3)C2)c1. The van der Waals surface area contributed by atoms with Crippen molar-refractivity contribution < 1.29 is 9.59 Å². The van der Waals surface area contributed by atoms with E-state index in [2.05, 4.69) is 25.2 Å². The highest BCUT2D eigenvalue weighted by molar-refractivity contribution is 6.03. The fourth-order valence-electron chi connectivity index (χ4n) is 3.23. The lowest BCUT2D eigenvalue weighted by atomic mass is 10.0. The lowest BCUT2D eigenvalue weighted by molar-refractivity contribution is -0.122. The Morgan fingerprint density at radius 1 is 1.16 bits per heavy atom. The molecule has 2 aromatic carbocycles. The van der Waals surface area contributed by atoms with Gasteiger partial charge in [0.05, 0.1) is 5.92 Å². The molecule has 1 N–H and O–H groups in total. The molecular formula is C21H24N2O2. The minimum Gasteiger partial charge on any atom is -0.326 e. The number of amides is 2. The monoisotopic (exact) mass is 336 g/mol. The predicted molar refractivity (Wildman–Crippen MR) is 101 cm³/mol. The Bertz CT molecular complexity index is 756. The van der Waals surface area contributed by atoms with Crippen LogP contribution in [0.4, 0.5) is 11.4 Å². The number of para-hydroxylation sites is 1. The van der Waals surface area contributed by atoms with E-state index in [4.69, 9.17) is 0 Å². The zero-order chi connectivity index (χ0) is 17.8. The van der Waals surface area contributed by atoms with Gasteiger partial charge in [-0.2, -0.15) is 0 Å². The van der Waals surface area contributed by atoms with E-state index < -0.39 is 0 Å². The van der Waals surface area contributed by atoms with Crippen LogP contribution in [0.1, 0.15) is 25.8 Å². The van der Waals surface area contributed by atoms with Crippen LogP contribution in [0.3, 0.4) is 0 Å². The lowest BCUT2D eigenvalue weighted by Crippen LogP contribution is -2.28. The minimum atomic E-state index is -0.318. The van der Waals surface area contributed by atoms with Gasteiger partial charge in [-0.1, -0.05) is 44.2 Å². The normalized spacial score (nSPS) is 17.2. The fourth-order valence-corrected chi connectivity index (χ4v) is 3.23. The van der Waals surface area contributed by atoms with Crippen LogP contribution in [0, 0.1) is 11.8 Å². The molecule has 1 aliphatic heterocycles. The number of nitrogens with one attached hydrogen (secondary N) is 1. The summed E-state index contributed by atoms with van der Waals surface area (Å²) in [6.45, 7) is 4.78. The summed E-state index contributed by atoms with van der Waals surface area (Å²) in [7, 11) is 0. The molecule has 1 fully saturated rings. The van der Waals surface area contributed by atoms with Gasteiger partial charge >= 0.3 is 0 Å². The van der Waals surface area contributed by atoms with Gasteiger partial charge in [-0.05, 0) is 42.2 Å². The van der Waals surface area contributed by atoms with Crippen molar-refractivity contribution in [3.8, 4) is 0 Å². The maximum atomic E-state index is 12.6.